The van der Waals surface area contributed by atoms with Crippen molar-refractivity contribution < 1.29 is 4.79 Å². The van der Waals surface area contributed by atoms with Crippen LogP contribution in [0.2, 0.25) is 0 Å². The van der Waals surface area contributed by atoms with Gasteiger partial charge in [-0.05, 0) is 16.7 Å². The molecule has 0 aromatic heterocycles. The van der Waals surface area contributed by atoms with Crippen molar-refractivity contribution in [2.24, 2.45) is 0 Å². The summed E-state index contributed by atoms with van der Waals surface area (Å²) in [6, 6.07) is 18.6. The van der Waals surface area contributed by atoms with E-state index in [2.05, 4.69) is 30.3 Å². The molecule has 2 rings (SSSR count). The van der Waals surface area contributed by atoms with Crippen molar-refractivity contribution in [3.05, 3.63) is 66.2 Å². The van der Waals surface area contributed by atoms with Crippen molar-refractivity contribution in [2.75, 3.05) is 5.75 Å². The number of hydrogen-bond acceptors (Lipinski definition) is 2. The molecule has 0 aliphatic rings. The third-order valence-corrected chi connectivity index (χ3v) is 3.49. The Morgan fingerprint density at radius 1 is 1.05 bits per heavy atom. The standard InChI is InChI=1S/C17H16OS/c1-14(18)19-13-7-11-16-10-5-6-12-17(16)15-8-3-2-4-9-15/h2-12H,13H2,1H3. The minimum absolute atomic E-state index is 0.154. The molecule has 0 amide bonds. The van der Waals surface area contributed by atoms with Gasteiger partial charge in [-0.25, -0.2) is 0 Å². The summed E-state index contributed by atoms with van der Waals surface area (Å²) in [6.45, 7) is 1.59. The van der Waals surface area contributed by atoms with E-state index in [0.717, 1.165) is 5.75 Å². The van der Waals surface area contributed by atoms with E-state index in [0.29, 0.717) is 0 Å². The van der Waals surface area contributed by atoms with Gasteiger partial charge in [-0.2, -0.15) is 0 Å². The lowest BCUT2D eigenvalue weighted by Gasteiger charge is -2.05. The van der Waals surface area contributed by atoms with Gasteiger partial charge in [0, 0.05) is 12.7 Å². The molecule has 0 aliphatic carbocycles. The van der Waals surface area contributed by atoms with E-state index in [1.165, 1.54) is 28.5 Å². The molecule has 96 valence electrons. The number of rotatable bonds is 4. The Kier molecular flexibility index (Phi) is 4.99. The van der Waals surface area contributed by atoms with Crippen molar-refractivity contribution in [3.63, 3.8) is 0 Å². The van der Waals surface area contributed by atoms with E-state index in [4.69, 9.17) is 0 Å². The van der Waals surface area contributed by atoms with Crippen LogP contribution in [0, 0.1) is 0 Å². The molecule has 2 aromatic carbocycles. The molecule has 0 bridgehead atoms. The Morgan fingerprint density at radius 3 is 2.47 bits per heavy atom. The van der Waals surface area contributed by atoms with E-state index in [-0.39, 0.29) is 5.12 Å². The average Bonchev–Trinajstić information content (AvgIpc) is 2.45. The highest BCUT2D eigenvalue weighted by molar-refractivity contribution is 8.13. The Hall–Kier alpha value is -1.80. The van der Waals surface area contributed by atoms with Crippen LogP contribution in [-0.2, 0) is 4.79 Å². The molecule has 0 saturated heterocycles. The fraction of sp³-hybridized carbons (Fsp3) is 0.118. The summed E-state index contributed by atoms with van der Waals surface area (Å²) in [5.41, 5.74) is 3.60. The largest absolute Gasteiger partial charge is 0.288 e. The van der Waals surface area contributed by atoms with Gasteiger partial charge in [0.15, 0.2) is 5.12 Å². The van der Waals surface area contributed by atoms with Gasteiger partial charge >= 0.3 is 0 Å². The number of thioether (sulfide) groups is 1. The molecular formula is C17H16OS. The minimum Gasteiger partial charge on any atom is -0.288 e. The van der Waals surface area contributed by atoms with Crippen molar-refractivity contribution in [2.45, 2.75) is 6.92 Å². The fourth-order valence-electron chi connectivity index (χ4n) is 1.86. The second kappa shape index (κ2) is 6.95. The van der Waals surface area contributed by atoms with Crippen molar-refractivity contribution in [3.8, 4) is 11.1 Å². The van der Waals surface area contributed by atoms with Crippen LogP contribution in [0.1, 0.15) is 12.5 Å². The van der Waals surface area contributed by atoms with E-state index < -0.39 is 0 Å². The molecule has 0 spiro atoms. The van der Waals surface area contributed by atoms with Crippen LogP contribution in [0.5, 0.6) is 0 Å². The summed E-state index contributed by atoms with van der Waals surface area (Å²) in [4.78, 5) is 10.9. The number of carbonyl (C=O) groups is 1. The van der Waals surface area contributed by atoms with Gasteiger partial charge in [0.05, 0.1) is 0 Å². The molecule has 0 atom stereocenters. The first-order valence-electron chi connectivity index (χ1n) is 6.22. The van der Waals surface area contributed by atoms with Gasteiger partial charge in [-0.15, -0.1) is 0 Å². The first-order valence-corrected chi connectivity index (χ1v) is 7.20. The normalized spacial score (nSPS) is 10.8. The summed E-state index contributed by atoms with van der Waals surface area (Å²) in [7, 11) is 0. The highest BCUT2D eigenvalue weighted by Crippen LogP contribution is 2.24. The summed E-state index contributed by atoms with van der Waals surface area (Å²) in [5, 5.41) is 0.154. The first kappa shape index (κ1) is 13.6. The van der Waals surface area contributed by atoms with Crippen LogP contribution >= 0.6 is 11.8 Å². The number of carbonyl (C=O) groups excluding carboxylic acids is 1. The minimum atomic E-state index is 0.154. The van der Waals surface area contributed by atoms with Crippen LogP contribution in [0.25, 0.3) is 17.2 Å². The third kappa shape index (κ3) is 4.11. The summed E-state index contributed by atoms with van der Waals surface area (Å²) >= 11 is 1.33. The maximum atomic E-state index is 10.9. The molecule has 0 aliphatic heterocycles. The number of benzene rings is 2. The second-order valence-electron chi connectivity index (χ2n) is 4.16. The molecule has 1 nitrogen and oxygen atoms in total. The molecule has 0 fully saturated rings. The molecule has 0 unspecified atom stereocenters. The highest BCUT2D eigenvalue weighted by Gasteiger charge is 2.00. The zero-order chi connectivity index (χ0) is 13.5. The van der Waals surface area contributed by atoms with Crippen LogP contribution in [0.3, 0.4) is 0 Å². The third-order valence-electron chi connectivity index (χ3n) is 2.73. The maximum Gasteiger partial charge on any atom is 0.186 e. The monoisotopic (exact) mass is 268 g/mol. The lowest BCUT2D eigenvalue weighted by Crippen LogP contribution is -1.84. The molecule has 0 N–H and O–H groups in total. The van der Waals surface area contributed by atoms with E-state index in [1.54, 1.807) is 6.92 Å². The Bertz CT molecular complexity index is 573. The zero-order valence-electron chi connectivity index (χ0n) is 10.9. The first-order chi connectivity index (χ1) is 9.27. The fourth-order valence-corrected chi connectivity index (χ4v) is 2.29. The van der Waals surface area contributed by atoms with Gasteiger partial charge in [-0.3, -0.25) is 4.79 Å². The summed E-state index contributed by atoms with van der Waals surface area (Å²) in [5.74, 6) is 0.721. The van der Waals surface area contributed by atoms with E-state index >= 15 is 0 Å². The Morgan fingerprint density at radius 2 is 1.74 bits per heavy atom. The average molecular weight is 268 g/mol. The Labute approximate surface area is 118 Å². The predicted molar refractivity (Wildman–Crippen MR) is 84.1 cm³/mol. The molecule has 19 heavy (non-hydrogen) atoms. The van der Waals surface area contributed by atoms with Gasteiger partial charge in [0.25, 0.3) is 0 Å². The van der Waals surface area contributed by atoms with Crippen LogP contribution in [0.4, 0.5) is 0 Å². The van der Waals surface area contributed by atoms with Crippen LogP contribution in [-0.4, -0.2) is 10.9 Å². The SMILES string of the molecule is CC(=O)SCC=Cc1ccccc1-c1ccccc1. The maximum absolute atomic E-state index is 10.9. The molecular weight excluding hydrogens is 252 g/mol. The van der Waals surface area contributed by atoms with Gasteiger partial charge in [-0.1, -0.05) is 78.5 Å². The van der Waals surface area contributed by atoms with Gasteiger partial charge in [0.1, 0.15) is 0 Å². The molecule has 0 saturated carbocycles. The van der Waals surface area contributed by atoms with Crippen molar-refractivity contribution in [1.82, 2.24) is 0 Å². The topological polar surface area (TPSA) is 17.1 Å². The van der Waals surface area contributed by atoms with Crippen LogP contribution in [0.15, 0.2) is 60.7 Å². The van der Waals surface area contributed by atoms with E-state index in [9.17, 15) is 4.79 Å². The Balaban J connectivity index is 2.20. The van der Waals surface area contributed by atoms with Crippen LogP contribution < -0.4 is 0 Å². The smallest absolute Gasteiger partial charge is 0.186 e. The van der Waals surface area contributed by atoms with Crippen molar-refractivity contribution in [1.29, 1.82) is 0 Å². The molecule has 0 radical (unpaired) electrons. The quantitative estimate of drug-likeness (QED) is 0.803. The molecule has 0 heterocycles. The summed E-state index contributed by atoms with van der Waals surface area (Å²) in [6.07, 6.45) is 4.12. The zero-order valence-corrected chi connectivity index (χ0v) is 11.7. The lowest BCUT2D eigenvalue weighted by atomic mass is 9.99. The second-order valence-corrected chi connectivity index (χ2v) is 5.36. The highest BCUT2D eigenvalue weighted by atomic mass is 32.2. The molecule has 2 aromatic rings. The predicted octanol–water partition coefficient (Wildman–Crippen LogP) is 4.65. The van der Waals surface area contributed by atoms with Gasteiger partial charge < -0.3 is 0 Å². The lowest BCUT2D eigenvalue weighted by molar-refractivity contribution is -0.109. The van der Waals surface area contributed by atoms with Crippen molar-refractivity contribution >= 4 is 23.0 Å². The van der Waals surface area contributed by atoms with E-state index in [1.807, 2.05) is 36.4 Å². The summed E-state index contributed by atoms with van der Waals surface area (Å²) < 4.78 is 0. The van der Waals surface area contributed by atoms with Gasteiger partial charge in [0.2, 0.25) is 0 Å². The number of hydrogen-bond donors (Lipinski definition) is 0. The molecule has 2 heteroatoms.